The van der Waals surface area contributed by atoms with Crippen LogP contribution in [0.4, 0.5) is 0 Å². The molecule has 0 aliphatic carbocycles. The minimum atomic E-state index is -4.39. The zero-order chi connectivity index (χ0) is 28.5. The molecule has 0 unspecified atom stereocenters. The van der Waals surface area contributed by atoms with Crippen molar-refractivity contribution in [3.63, 3.8) is 0 Å². The molecule has 0 bridgehead atoms. The number of aryl methyl sites for hydroxylation is 2. The molecule has 12 nitrogen and oxygen atoms in total. The highest BCUT2D eigenvalue weighted by molar-refractivity contribution is 7.88. The van der Waals surface area contributed by atoms with Crippen molar-refractivity contribution in [1.82, 2.24) is 8.61 Å². The van der Waals surface area contributed by atoms with Gasteiger partial charge in [0.2, 0.25) is 20.0 Å². The van der Waals surface area contributed by atoms with Crippen LogP contribution >= 0.6 is 0 Å². The first-order chi connectivity index (χ1) is 17.4. The lowest BCUT2D eigenvalue weighted by Gasteiger charge is -2.35. The quantitative estimate of drug-likeness (QED) is 0.389. The molecule has 1 fully saturated rings. The molecule has 3 rings (SSSR count). The largest absolute Gasteiger partial charge is 0.297 e. The number of sulfonamides is 2. The third-order valence-corrected chi connectivity index (χ3v) is 10.9. The van der Waals surface area contributed by atoms with Gasteiger partial charge in [-0.25, -0.2) is 16.8 Å². The first-order valence-electron chi connectivity index (χ1n) is 11.3. The van der Waals surface area contributed by atoms with Crippen LogP contribution in [-0.2, 0) is 48.6 Å². The van der Waals surface area contributed by atoms with Crippen molar-refractivity contribution in [2.45, 2.75) is 35.8 Å². The lowest BCUT2D eigenvalue weighted by Crippen LogP contribution is -2.54. The van der Waals surface area contributed by atoms with Crippen molar-refractivity contribution in [3.05, 3.63) is 59.7 Å². The van der Waals surface area contributed by atoms with Crippen molar-refractivity contribution < 1.29 is 42.0 Å². The normalized spacial score (nSPS) is 21.1. The van der Waals surface area contributed by atoms with Gasteiger partial charge in [0.25, 0.3) is 20.2 Å². The molecule has 0 atom stereocenters. The Hall–Kier alpha value is -1.92. The minimum Gasteiger partial charge on any atom is -0.260 e. The summed E-state index contributed by atoms with van der Waals surface area (Å²) >= 11 is 0. The SMILES string of the molecule is Cc1ccc(S(=O)(=O)OC2CN(S(C)(=O)=O)CC(OS(=O)(=O)c3ccc(C)cc3)CN(S(C)(=O)=O)C2)cc1. The van der Waals surface area contributed by atoms with E-state index in [4.69, 9.17) is 8.37 Å². The lowest BCUT2D eigenvalue weighted by atomic mass is 10.2. The maximum atomic E-state index is 12.9. The van der Waals surface area contributed by atoms with Crippen LogP contribution in [0.5, 0.6) is 0 Å². The van der Waals surface area contributed by atoms with E-state index in [2.05, 4.69) is 0 Å². The summed E-state index contributed by atoms with van der Waals surface area (Å²) in [4.78, 5) is -0.375. The van der Waals surface area contributed by atoms with Gasteiger partial charge in [-0.3, -0.25) is 8.37 Å². The Bertz CT molecular complexity index is 1440. The molecule has 0 saturated carbocycles. The zero-order valence-corrected chi connectivity index (χ0v) is 24.5. The van der Waals surface area contributed by atoms with Gasteiger partial charge >= 0.3 is 0 Å². The van der Waals surface area contributed by atoms with E-state index in [-0.39, 0.29) is 9.79 Å². The van der Waals surface area contributed by atoms with E-state index in [1.807, 2.05) is 0 Å². The van der Waals surface area contributed by atoms with Gasteiger partial charge in [-0.05, 0) is 38.1 Å². The van der Waals surface area contributed by atoms with Crippen LogP contribution in [0, 0.1) is 13.8 Å². The van der Waals surface area contributed by atoms with Gasteiger partial charge in [-0.2, -0.15) is 25.4 Å². The number of hydrogen-bond donors (Lipinski definition) is 0. The van der Waals surface area contributed by atoms with Crippen molar-refractivity contribution in [2.24, 2.45) is 0 Å². The molecule has 0 aromatic heterocycles. The van der Waals surface area contributed by atoms with Crippen LogP contribution in [0.2, 0.25) is 0 Å². The maximum absolute atomic E-state index is 12.9. The van der Waals surface area contributed by atoms with E-state index in [1.54, 1.807) is 38.1 Å². The Morgan fingerprint density at radius 3 is 1.05 bits per heavy atom. The predicted molar refractivity (Wildman–Crippen MR) is 139 cm³/mol. The summed E-state index contributed by atoms with van der Waals surface area (Å²) in [6.07, 6.45) is -1.14. The summed E-state index contributed by atoms with van der Waals surface area (Å²) < 4.78 is 114. The Kier molecular flexibility index (Phi) is 9.10. The van der Waals surface area contributed by atoms with Gasteiger partial charge in [0.1, 0.15) is 12.2 Å². The van der Waals surface area contributed by atoms with Crippen LogP contribution in [0.15, 0.2) is 58.3 Å². The molecule has 38 heavy (non-hydrogen) atoms. The standard InChI is InChI=1S/C22H30N2O10S4/c1-17-5-9-21(10-6-17)37(29,30)33-19-13-23(35(3,25)26)15-20(16-24(14-19)36(4,27)28)34-38(31,32)22-11-7-18(2)8-12-22/h5-12,19-20H,13-16H2,1-4H3. The first kappa shape index (κ1) is 30.6. The second-order valence-electron chi connectivity index (χ2n) is 9.13. The van der Waals surface area contributed by atoms with Crippen molar-refractivity contribution in [1.29, 1.82) is 0 Å². The highest BCUT2D eigenvalue weighted by Gasteiger charge is 2.38. The summed E-state index contributed by atoms with van der Waals surface area (Å²) in [6.45, 7) is 1.25. The van der Waals surface area contributed by atoms with Gasteiger partial charge in [0.15, 0.2) is 0 Å². The molecule has 1 aliphatic rings. The Labute approximate surface area is 224 Å². The molecule has 0 spiro atoms. The van der Waals surface area contributed by atoms with Crippen LogP contribution in [0.3, 0.4) is 0 Å². The molecule has 212 valence electrons. The van der Waals surface area contributed by atoms with Gasteiger partial charge in [0, 0.05) is 26.2 Å². The first-order valence-corrected chi connectivity index (χ1v) is 17.8. The fraction of sp³-hybridized carbons (Fsp3) is 0.455. The number of benzene rings is 2. The highest BCUT2D eigenvalue weighted by atomic mass is 32.2. The van der Waals surface area contributed by atoms with Crippen molar-refractivity contribution in [2.75, 3.05) is 38.7 Å². The fourth-order valence-corrected chi connectivity index (χ4v) is 7.58. The van der Waals surface area contributed by atoms with E-state index < -0.39 is 78.7 Å². The molecule has 0 radical (unpaired) electrons. The van der Waals surface area contributed by atoms with Crippen molar-refractivity contribution in [3.8, 4) is 0 Å². The monoisotopic (exact) mass is 610 g/mol. The predicted octanol–water partition coefficient (Wildman–Crippen LogP) is 0.688. The van der Waals surface area contributed by atoms with E-state index in [9.17, 15) is 33.7 Å². The number of rotatable bonds is 8. The molecule has 0 amide bonds. The maximum Gasteiger partial charge on any atom is 0.297 e. The number of nitrogens with zero attached hydrogens (tertiary/aromatic N) is 2. The third-order valence-electron chi connectivity index (χ3n) is 5.71. The highest BCUT2D eigenvalue weighted by Crippen LogP contribution is 2.23. The Balaban J connectivity index is 1.95. The topological polar surface area (TPSA) is 162 Å². The molecule has 16 heteroatoms. The summed E-state index contributed by atoms with van der Waals surface area (Å²) in [7, 11) is -16.8. The Morgan fingerprint density at radius 1 is 0.553 bits per heavy atom. The molecule has 1 heterocycles. The van der Waals surface area contributed by atoms with Gasteiger partial charge in [-0.1, -0.05) is 35.4 Å². The smallest absolute Gasteiger partial charge is 0.260 e. The second kappa shape index (κ2) is 11.3. The minimum absolute atomic E-state index is 0.188. The van der Waals surface area contributed by atoms with E-state index in [1.165, 1.54) is 24.3 Å². The molecule has 1 aliphatic heterocycles. The average Bonchev–Trinajstić information content (AvgIpc) is 2.75. The molecule has 0 N–H and O–H groups in total. The lowest BCUT2D eigenvalue weighted by molar-refractivity contribution is 0.0827. The summed E-state index contributed by atoms with van der Waals surface area (Å²) in [5.41, 5.74) is 1.60. The summed E-state index contributed by atoms with van der Waals surface area (Å²) in [6, 6.07) is 11.5. The molecular formula is C22H30N2O10S4. The van der Waals surface area contributed by atoms with Gasteiger partial charge < -0.3 is 0 Å². The van der Waals surface area contributed by atoms with E-state index in [0.717, 1.165) is 32.2 Å². The van der Waals surface area contributed by atoms with Crippen LogP contribution in [-0.4, -0.2) is 93.2 Å². The van der Waals surface area contributed by atoms with E-state index in [0.29, 0.717) is 0 Å². The molecule has 2 aromatic rings. The summed E-state index contributed by atoms with van der Waals surface area (Å²) in [5, 5.41) is 0. The van der Waals surface area contributed by atoms with Crippen LogP contribution in [0.25, 0.3) is 0 Å². The molecular weight excluding hydrogens is 581 g/mol. The second-order valence-corrected chi connectivity index (χ2v) is 16.2. The zero-order valence-electron chi connectivity index (χ0n) is 21.2. The number of hydrogen-bond acceptors (Lipinski definition) is 10. The van der Waals surface area contributed by atoms with E-state index >= 15 is 0 Å². The summed E-state index contributed by atoms with van der Waals surface area (Å²) in [5.74, 6) is 0. The molecule has 1 saturated heterocycles. The van der Waals surface area contributed by atoms with Gasteiger partial charge in [0.05, 0.1) is 22.3 Å². The average molecular weight is 611 g/mol. The third kappa shape index (κ3) is 8.05. The van der Waals surface area contributed by atoms with Crippen LogP contribution in [0.1, 0.15) is 11.1 Å². The molecule has 2 aromatic carbocycles. The van der Waals surface area contributed by atoms with Crippen LogP contribution < -0.4 is 0 Å². The van der Waals surface area contributed by atoms with Crippen molar-refractivity contribution >= 4 is 40.3 Å². The fourth-order valence-electron chi connectivity index (χ4n) is 3.72. The van der Waals surface area contributed by atoms with Gasteiger partial charge in [-0.15, -0.1) is 0 Å². The Morgan fingerprint density at radius 2 is 0.816 bits per heavy atom.